The second kappa shape index (κ2) is 14.6. The first-order valence-corrected chi connectivity index (χ1v) is 14.1. The molecule has 1 atom stereocenters. The number of hydrogen-bond acceptors (Lipinski definition) is 2. The molecule has 1 unspecified atom stereocenters. The molecule has 0 aromatic rings. The van der Waals surface area contributed by atoms with Crippen molar-refractivity contribution in [3.8, 4) is 0 Å². The van der Waals surface area contributed by atoms with Crippen molar-refractivity contribution in [2.45, 2.75) is 124 Å². The van der Waals surface area contributed by atoms with Crippen LogP contribution in [0.1, 0.15) is 124 Å². The van der Waals surface area contributed by atoms with Gasteiger partial charge in [0.2, 0.25) is 5.91 Å². The molecule has 2 saturated heterocycles. The van der Waals surface area contributed by atoms with Gasteiger partial charge in [-0.1, -0.05) is 85.5 Å². The van der Waals surface area contributed by atoms with E-state index in [1.807, 2.05) is 0 Å². The van der Waals surface area contributed by atoms with Crippen LogP contribution < -0.4 is 0 Å². The molecule has 0 aromatic heterocycles. The van der Waals surface area contributed by atoms with Gasteiger partial charge in [0.05, 0.1) is 0 Å². The Bertz CT molecular complexity index is 467. The van der Waals surface area contributed by atoms with Gasteiger partial charge < -0.3 is 9.80 Å². The number of carbonyl (C=O) groups is 1. The summed E-state index contributed by atoms with van der Waals surface area (Å²) < 4.78 is 0. The van der Waals surface area contributed by atoms with Gasteiger partial charge in [0.25, 0.3) is 0 Å². The van der Waals surface area contributed by atoms with Crippen LogP contribution in [-0.2, 0) is 4.79 Å². The predicted molar refractivity (Wildman–Crippen MR) is 134 cm³/mol. The molecule has 2 rings (SSSR count). The number of amides is 1. The maximum atomic E-state index is 13.2. The third-order valence-electron chi connectivity index (χ3n) is 8.11. The summed E-state index contributed by atoms with van der Waals surface area (Å²) in [5.74, 6) is 1.67. The van der Waals surface area contributed by atoms with Gasteiger partial charge in [-0.3, -0.25) is 4.79 Å². The zero-order chi connectivity index (χ0) is 22.5. The molecule has 1 spiro atoms. The minimum Gasteiger partial charge on any atom is -0.342 e. The predicted octanol–water partition coefficient (Wildman–Crippen LogP) is 7.29. The van der Waals surface area contributed by atoms with Gasteiger partial charge in [0.15, 0.2) is 0 Å². The second-order valence-corrected chi connectivity index (χ2v) is 11.0. The SMILES string of the molecule is CCCCCC(CCCC)CN1CC2(CCN(C(=O)C(CCCC)CCCC)CC2)C1. The lowest BCUT2D eigenvalue weighted by Crippen LogP contribution is -2.61. The van der Waals surface area contributed by atoms with Gasteiger partial charge in [-0.15, -0.1) is 0 Å². The summed E-state index contributed by atoms with van der Waals surface area (Å²) in [5.41, 5.74) is 0.526. The van der Waals surface area contributed by atoms with Crippen molar-refractivity contribution >= 4 is 5.91 Å². The number of hydrogen-bond donors (Lipinski definition) is 0. The van der Waals surface area contributed by atoms with Crippen molar-refractivity contribution < 1.29 is 4.79 Å². The lowest BCUT2D eigenvalue weighted by molar-refractivity contribution is -0.141. The fourth-order valence-electron chi connectivity index (χ4n) is 5.97. The van der Waals surface area contributed by atoms with Crippen LogP contribution in [0.2, 0.25) is 0 Å². The first kappa shape index (κ1) is 26.7. The highest BCUT2D eigenvalue weighted by Crippen LogP contribution is 2.41. The fourth-order valence-corrected chi connectivity index (χ4v) is 5.97. The molecule has 182 valence electrons. The normalized spacial score (nSPS) is 19.7. The summed E-state index contributed by atoms with van der Waals surface area (Å²) >= 11 is 0. The Morgan fingerprint density at radius 2 is 1.26 bits per heavy atom. The van der Waals surface area contributed by atoms with Crippen molar-refractivity contribution in [2.24, 2.45) is 17.3 Å². The van der Waals surface area contributed by atoms with Gasteiger partial charge in [-0.2, -0.15) is 0 Å². The van der Waals surface area contributed by atoms with Crippen LogP contribution in [-0.4, -0.2) is 48.4 Å². The van der Waals surface area contributed by atoms with E-state index in [2.05, 4.69) is 37.5 Å². The summed E-state index contributed by atoms with van der Waals surface area (Å²) in [6.07, 6.45) is 19.2. The molecule has 0 radical (unpaired) electrons. The Morgan fingerprint density at radius 1 is 0.742 bits per heavy atom. The highest BCUT2D eigenvalue weighted by atomic mass is 16.2. The van der Waals surface area contributed by atoms with E-state index in [0.717, 1.165) is 31.8 Å². The zero-order valence-electron chi connectivity index (χ0n) is 21.6. The Hall–Kier alpha value is -0.570. The standard InChI is InChI=1S/C28H54N2O/c1-5-9-13-15-25(14-10-6-2)22-29-23-28(24-29)18-20-30(21-19-28)27(31)26(16-11-7-3)17-12-8-4/h25-26H,5-24H2,1-4H3. The molecule has 2 fully saturated rings. The third kappa shape index (κ3) is 8.71. The van der Waals surface area contributed by atoms with Crippen molar-refractivity contribution in [2.75, 3.05) is 32.7 Å². The largest absolute Gasteiger partial charge is 0.342 e. The van der Waals surface area contributed by atoms with Crippen LogP contribution in [0, 0.1) is 17.3 Å². The van der Waals surface area contributed by atoms with E-state index in [1.165, 1.54) is 103 Å². The molecule has 2 heterocycles. The monoisotopic (exact) mass is 434 g/mol. The van der Waals surface area contributed by atoms with Crippen molar-refractivity contribution in [1.82, 2.24) is 9.80 Å². The van der Waals surface area contributed by atoms with Crippen molar-refractivity contribution in [3.05, 3.63) is 0 Å². The molecule has 0 aliphatic carbocycles. The van der Waals surface area contributed by atoms with E-state index in [0.29, 0.717) is 11.3 Å². The van der Waals surface area contributed by atoms with E-state index < -0.39 is 0 Å². The lowest BCUT2D eigenvalue weighted by Gasteiger charge is -2.55. The van der Waals surface area contributed by atoms with E-state index >= 15 is 0 Å². The molecular formula is C28H54N2O. The van der Waals surface area contributed by atoms with Crippen molar-refractivity contribution in [1.29, 1.82) is 0 Å². The number of unbranched alkanes of at least 4 members (excludes halogenated alkanes) is 5. The molecule has 31 heavy (non-hydrogen) atoms. The Morgan fingerprint density at radius 3 is 1.81 bits per heavy atom. The molecule has 1 amide bonds. The fraction of sp³-hybridized carbons (Fsp3) is 0.964. The third-order valence-corrected chi connectivity index (χ3v) is 8.11. The molecule has 3 heteroatoms. The Kier molecular flexibility index (Phi) is 12.5. The van der Waals surface area contributed by atoms with Crippen LogP contribution in [0.15, 0.2) is 0 Å². The number of likely N-dealkylation sites (tertiary alicyclic amines) is 2. The van der Waals surface area contributed by atoms with E-state index in [1.54, 1.807) is 0 Å². The summed E-state index contributed by atoms with van der Waals surface area (Å²) in [6.45, 7) is 15.1. The first-order chi connectivity index (χ1) is 15.1. The maximum Gasteiger partial charge on any atom is 0.225 e. The van der Waals surface area contributed by atoms with Gasteiger partial charge in [-0.05, 0) is 49.9 Å². The van der Waals surface area contributed by atoms with Crippen molar-refractivity contribution in [3.63, 3.8) is 0 Å². The highest BCUT2D eigenvalue weighted by molar-refractivity contribution is 5.79. The second-order valence-electron chi connectivity index (χ2n) is 11.0. The molecule has 2 aliphatic rings. The van der Waals surface area contributed by atoms with Gasteiger partial charge >= 0.3 is 0 Å². The Balaban J connectivity index is 1.75. The van der Waals surface area contributed by atoms with Crippen LogP contribution >= 0.6 is 0 Å². The minimum absolute atomic E-state index is 0.286. The molecule has 0 bridgehead atoms. The van der Waals surface area contributed by atoms with Crippen LogP contribution in [0.25, 0.3) is 0 Å². The Labute approximate surface area is 194 Å². The van der Waals surface area contributed by atoms with Gasteiger partial charge in [0, 0.05) is 38.6 Å². The average molecular weight is 435 g/mol. The van der Waals surface area contributed by atoms with Gasteiger partial charge in [0.1, 0.15) is 0 Å². The summed E-state index contributed by atoms with van der Waals surface area (Å²) in [7, 11) is 0. The van der Waals surface area contributed by atoms with Crippen LogP contribution in [0.5, 0.6) is 0 Å². The average Bonchev–Trinajstić information content (AvgIpc) is 2.76. The maximum absolute atomic E-state index is 13.2. The minimum atomic E-state index is 0.286. The van der Waals surface area contributed by atoms with E-state index in [4.69, 9.17) is 0 Å². The molecule has 2 aliphatic heterocycles. The lowest BCUT2D eigenvalue weighted by atomic mass is 9.71. The van der Waals surface area contributed by atoms with Crippen LogP contribution in [0.3, 0.4) is 0 Å². The smallest absolute Gasteiger partial charge is 0.225 e. The number of carbonyl (C=O) groups excluding carboxylic acids is 1. The van der Waals surface area contributed by atoms with E-state index in [9.17, 15) is 4.79 Å². The zero-order valence-corrected chi connectivity index (χ0v) is 21.6. The quantitative estimate of drug-likeness (QED) is 0.238. The van der Waals surface area contributed by atoms with E-state index in [-0.39, 0.29) is 5.92 Å². The number of piperidine rings is 1. The number of rotatable bonds is 16. The molecular weight excluding hydrogens is 380 g/mol. The van der Waals surface area contributed by atoms with Crippen LogP contribution in [0.4, 0.5) is 0 Å². The molecule has 3 nitrogen and oxygen atoms in total. The molecule has 0 N–H and O–H groups in total. The molecule has 0 aromatic carbocycles. The molecule has 0 saturated carbocycles. The highest BCUT2D eigenvalue weighted by Gasteiger charge is 2.45. The first-order valence-electron chi connectivity index (χ1n) is 14.1. The number of nitrogens with zero attached hydrogens (tertiary/aromatic N) is 2. The topological polar surface area (TPSA) is 23.6 Å². The summed E-state index contributed by atoms with van der Waals surface area (Å²) in [6, 6.07) is 0. The summed E-state index contributed by atoms with van der Waals surface area (Å²) in [4.78, 5) is 18.2. The summed E-state index contributed by atoms with van der Waals surface area (Å²) in [5, 5.41) is 0. The van der Waals surface area contributed by atoms with Gasteiger partial charge in [-0.25, -0.2) is 0 Å².